The summed E-state index contributed by atoms with van der Waals surface area (Å²) in [5, 5.41) is 13.8. The number of aryl methyl sites for hydroxylation is 1. The number of benzene rings is 1. The number of fused-ring (bicyclic) bond motifs is 2. The molecule has 4 heterocycles. The van der Waals surface area contributed by atoms with Crippen LogP contribution in [0, 0.1) is 6.92 Å². The van der Waals surface area contributed by atoms with Crippen LogP contribution in [0.3, 0.4) is 0 Å². The molecule has 2 fully saturated rings. The number of rotatable bonds is 6. The standard InChI is InChI=1S/C27H31N7O3S/c1-19-6-8-21(9-7-19)34-26(30-27(35)23-16-29-32-13-3-2-12-28-25(23)18-32)15-24(31-34)20-5-4-14-33(17-20)38(36,37)22-10-11-22/h3,6-9,12-13,15-16,20,22H,2,4-5,10-11,14,17-18H2,1H3,(H,30,35)/b13-3-,28-12?. The van der Waals surface area contributed by atoms with Gasteiger partial charge in [0.2, 0.25) is 10.0 Å². The quantitative estimate of drug-likeness (QED) is 0.612. The minimum Gasteiger partial charge on any atom is -0.306 e. The van der Waals surface area contributed by atoms with E-state index in [0.717, 1.165) is 42.6 Å². The molecule has 1 saturated heterocycles. The van der Waals surface area contributed by atoms with Crippen LogP contribution in [-0.2, 0) is 14.8 Å². The maximum absolute atomic E-state index is 13.5. The van der Waals surface area contributed by atoms with E-state index in [9.17, 15) is 13.2 Å². The van der Waals surface area contributed by atoms with E-state index >= 15 is 0 Å². The van der Waals surface area contributed by atoms with Crippen LogP contribution in [0.25, 0.3) is 5.69 Å². The van der Waals surface area contributed by atoms with Crippen LogP contribution in [0.4, 0.5) is 5.82 Å². The third-order valence-electron chi connectivity index (χ3n) is 7.32. The van der Waals surface area contributed by atoms with E-state index in [-0.39, 0.29) is 17.1 Å². The second kappa shape index (κ2) is 9.95. The third kappa shape index (κ3) is 4.95. The molecule has 1 aromatic heterocycles. The van der Waals surface area contributed by atoms with Gasteiger partial charge in [-0.15, -0.1) is 0 Å². The molecule has 1 aromatic carbocycles. The van der Waals surface area contributed by atoms with Crippen molar-refractivity contribution >= 4 is 34.2 Å². The van der Waals surface area contributed by atoms with Crippen molar-refractivity contribution in [2.45, 2.75) is 50.2 Å². The summed E-state index contributed by atoms with van der Waals surface area (Å²) in [5.41, 5.74) is 3.76. The molecule has 1 unspecified atom stereocenters. The summed E-state index contributed by atoms with van der Waals surface area (Å²) in [6, 6.07) is 9.78. The first-order valence-corrected chi connectivity index (χ1v) is 14.6. The van der Waals surface area contributed by atoms with Crippen molar-refractivity contribution < 1.29 is 13.2 Å². The van der Waals surface area contributed by atoms with Gasteiger partial charge in [0.25, 0.3) is 5.91 Å². The largest absolute Gasteiger partial charge is 0.306 e. The molecule has 0 radical (unpaired) electrons. The highest BCUT2D eigenvalue weighted by Crippen LogP contribution is 2.36. The molecule has 4 aliphatic rings. The monoisotopic (exact) mass is 533 g/mol. The van der Waals surface area contributed by atoms with Gasteiger partial charge in [-0.25, -0.2) is 17.4 Å². The number of amides is 1. The van der Waals surface area contributed by atoms with Crippen molar-refractivity contribution in [3.63, 3.8) is 0 Å². The van der Waals surface area contributed by atoms with E-state index in [1.54, 1.807) is 20.2 Å². The number of carbonyl (C=O) groups is 1. The maximum atomic E-state index is 13.5. The van der Waals surface area contributed by atoms with E-state index < -0.39 is 10.0 Å². The van der Waals surface area contributed by atoms with E-state index in [1.807, 2.05) is 49.5 Å². The Bertz CT molecular complexity index is 1470. The fraction of sp³-hybridized carbons (Fsp3) is 0.407. The average Bonchev–Trinajstić information content (AvgIpc) is 3.70. The molecule has 10 nitrogen and oxygen atoms in total. The Morgan fingerprint density at radius 1 is 1.13 bits per heavy atom. The highest BCUT2D eigenvalue weighted by Gasteiger charge is 2.42. The lowest BCUT2D eigenvalue weighted by Gasteiger charge is -2.31. The number of sulfonamides is 1. The summed E-state index contributed by atoms with van der Waals surface area (Å²) in [6.07, 6.45) is 11.0. The van der Waals surface area contributed by atoms with Gasteiger partial charge < -0.3 is 5.32 Å². The van der Waals surface area contributed by atoms with Crippen molar-refractivity contribution in [3.8, 4) is 5.69 Å². The Labute approximate surface area is 222 Å². The van der Waals surface area contributed by atoms with Gasteiger partial charge in [-0.1, -0.05) is 23.8 Å². The van der Waals surface area contributed by atoms with Gasteiger partial charge in [0.05, 0.1) is 40.7 Å². The normalized spacial score (nSPS) is 22.8. The van der Waals surface area contributed by atoms with Gasteiger partial charge in [-0.2, -0.15) is 10.2 Å². The smallest absolute Gasteiger partial charge is 0.260 e. The van der Waals surface area contributed by atoms with Gasteiger partial charge in [0.1, 0.15) is 5.82 Å². The molecule has 3 aliphatic heterocycles. The van der Waals surface area contributed by atoms with E-state index in [2.05, 4.69) is 15.4 Å². The number of aliphatic imine (C=N–C) groups is 1. The molecule has 38 heavy (non-hydrogen) atoms. The maximum Gasteiger partial charge on any atom is 0.260 e. The minimum absolute atomic E-state index is 0.0477. The predicted octanol–water partition coefficient (Wildman–Crippen LogP) is 3.33. The zero-order valence-electron chi connectivity index (χ0n) is 21.3. The lowest BCUT2D eigenvalue weighted by atomic mass is 9.96. The number of nitrogens with zero attached hydrogens (tertiary/aromatic N) is 6. The fourth-order valence-electron chi connectivity index (χ4n) is 5.03. The number of aromatic nitrogens is 2. The molecule has 1 aliphatic carbocycles. The number of piperidine rings is 1. The first kappa shape index (κ1) is 24.7. The number of allylic oxidation sites excluding steroid dienone is 1. The second-order valence-electron chi connectivity index (χ2n) is 10.2. The highest BCUT2D eigenvalue weighted by molar-refractivity contribution is 7.90. The number of nitrogens with one attached hydrogen (secondary N) is 1. The van der Waals surface area contributed by atoms with Crippen LogP contribution < -0.4 is 5.32 Å². The van der Waals surface area contributed by atoms with Crippen LogP contribution in [0.15, 0.2) is 64.0 Å². The van der Waals surface area contributed by atoms with Crippen LogP contribution in [0.1, 0.15) is 49.3 Å². The number of hydrogen-bond donors (Lipinski definition) is 1. The molecule has 198 valence electrons. The molecule has 1 saturated carbocycles. The van der Waals surface area contributed by atoms with Crippen LogP contribution >= 0.6 is 0 Å². The number of hydrazone groups is 1. The first-order chi connectivity index (χ1) is 18.4. The number of anilines is 1. The Hall–Kier alpha value is -3.57. The van der Waals surface area contributed by atoms with Gasteiger partial charge >= 0.3 is 0 Å². The van der Waals surface area contributed by atoms with E-state index in [4.69, 9.17) is 5.10 Å². The zero-order valence-corrected chi connectivity index (χ0v) is 22.1. The summed E-state index contributed by atoms with van der Waals surface area (Å²) in [6.45, 7) is 3.40. The molecular weight excluding hydrogens is 502 g/mol. The molecule has 6 rings (SSSR count). The Morgan fingerprint density at radius 2 is 1.95 bits per heavy atom. The Morgan fingerprint density at radius 3 is 2.74 bits per heavy atom. The van der Waals surface area contributed by atoms with Crippen LogP contribution in [0.5, 0.6) is 0 Å². The van der Waals surface area contributed by atoms with Crippen molar-refractivity contribution in [1.82, 2.24) is 19.1 Å². The summed E-state index contributed by atoms with van der Waals surface area (Å²) in [7, 11) is -3.25. The number of hydrogen-bond acceptors (Lipinski definition) is 7. The lowest BCUT2D eigenvalue weighted by molar-refractivity contribution is -0.112. The molecule has 0 spiro atoms. The first-order valence-electron chi connectivity index (χ1n) is 13.1. The van der Waals surface area contributed by atoms with Crippen molar-refractivity contribution in [2.24, 2.45) is 10.1 Å². The molecule has 11 heteroatoms. The molecule has 1 N–H and O–H groups in total. The minimum atomic E-state index is -3.25. The van der Waals surface area contributed by atoms with Gasteiger partial charge in [0.15, 0.2) is 0 Å². The third-order valence-corrected chi connectivity index (χ3v) is 9.69. The Kier molecular flexibility index (Phi) is 6.48. The van der Waals surface area contributed by atoms with Crippen molar-refractivity contribution in [1.29, 1.82) is 0 Å². The zero-order chi connectivity index (χ0) is 26.3. The van der Waals surface area contributed by atoms with E-state index in [0.29, 0.717) is 43.1 Å². The highest BCUT2D eigenvalue weighted by atomic mass is 32.2. The molecular formula is C27H31N7O3S. The van der Waals surface area contributed by atoms with Crippen LogP contribution in [0.2, 0.25) is 0 Å². The molecule has 2 aromatic rings. The van der Waals surface area contributed by atoms with Gasteiger partial charge in [-0.05, 0) is 44.7 Å². The predicted molar refractivity (Wildman–Crippen MR) is 147 cm³/mol. The van der Waals surface area contributed by atoms with Gasteiger partial charge in [0, 0.05) is 43.9 Å². The van der Waals surface area contributed by atoms with Crippen molar-refractivity contribution in [2.75, 3.05) is 25.0 Å². The summed E-state index contributed by atoms with van der Waals surface area (Å²) < 4.78 is 29.2. The van der Waals surface area contributed by atoms with Gasteiger partial charge in [-0.3, -0.25) is 14.8 Å². The van der Waals surface area contributed by atoms with Crippen molar-refractivity contribution in [3.05, 3.63) is 65.1 Å². The Balaban J connectivity index is 1.31. The topological polar surface area (TPSA) is 112 Å². The molecule has 1 atom stereocenters. The summed E-state index contributed by atoms with van der Waals surface area (Å²) in [4.78, 5) is 17.9. The fourth-order valence-corrected chi connectivity index (χ4v) is 6.95. The van der Waals surface area contributed by atoms with Crippen LogP contribution in [-0.4, -0.2) is 70.7 Å². The average molecular weight is 534 g/mol. The molecule has 2 bridgehead atoms. The summed E-state index contributed by atoms with van der Waals surface area (Å²) >= 11 is 0. The summed E-state index contributed by atoms with van der Waals surface area (Å²) in [5.74, 6) is 0.162. The lowest BCUT2D eigenvalue weighted by Crippen LogP contribution is -2.40. The number of carbonyl (C=O) groups excluding carboxylic acids is 1. The molecule has 1 amide bonds. The second-order valence-corrected chi connectivity index (χ2v) is 12.4. The van der Waals surface area contributed by atoms with E-state index in [1.165, 1.54) is 6.21 Å². The SMILES string of the molecule is Cc1ccc(-n2nc(C3CCCN(S(=O)(=O)C4CC4)C3)cc2NC(=O)C2=C3CN(/C=C\CC=N3)N=C2)cc1.